The fraction of sp³-hybridized carbons (Fsp3) is 0.308. The van der Waals surface area contributed by atoms with Crippen LogP contribution in [0.15, 0.2) is 16.6 Å². The SMILES string of the molecule is COc1cc(-c2c(Br)c(N)nn2C)c(OC)cc1C. The van der Waals surface area contributed by atoms with Gasteiger partial charge in [-0.15, -0.1) is 0 Å². The summed E-state index contributed by atoms with van der Waals surface area (Å²) in [5, 5.41) is 4.19. The molecule has 0 amide bonds. The Morgan fingerprint density at radius 1 is 1.21 bits per heavy atom. The number of rotatable bonds is 3. The monoisotopic (exact) mass is 325 g/mol. The highest BCUT2D eigenvalue weighted by Crippen LogP contribution is 2.40. The number of ether oxygens (including phenoxy) is 2. The first kappa shape index (κ1) is 13.7. The second-order valence-corrected chi connectivity index (χ2v) is 4.99. The van der Waals surface area contributed by atoms with Gasteiger partial charge in [0.05, 0.1) is 24.4 Å². The maximum atomic E-state index is 5.82. The van der Waals surface area contributed by atoms with E-state index in [9.17, 15) is 0 Å². The van der Waals surface area contributed by atoms with E-state index in [-0.39, 0.29) is 0 Å². The summed E-state index contributed by atoms with van der Waals surface area (Å²) in [6.07, 6.45) is 0. The van der Waals surface area contributed by atoms with E-state index >= 15 is 0 Å². The normalized spacial score (nSPS) is 10.6. The van der Waals surface area contributed by atoms with Crippen LogP contribution in [0.3, 0.4) is 0 Å². The fourth-order valence-corrected chi connectivity index (χ4v) is 2.60. The molecule has 0 atom stereocenters. The molecule has 0 bridgehead atoms. The van der Waals surface area contributed by atoms with Crippen molar-refractivity contribution in [1.29, 1.82) is 0 Å². The number of hydrogen-bond acceptors (Lipinski definition) is 4. The number of methoxy groups -OCH3 is 2. The van der Waals surface area contributed by atoms with Gasteiger partial charge in [-0.25, -0.2) is 0 Å². The Morgan fingerprint density at radius 2 is 1.84 bits per heavy atom. The van der Waals surface area contributed by atoms with Crippen molar-refractivity contribution < 1.29 is 9.47 Å². The number of hydrogen-bond donors (Lipinski definition) is 1. The molecule has 102 valence electrons. The van der Waals surface area contributed by atoms with Crippen molar-refractivity contribution in [3.05, 3.63) is 22.2 Å². The molecular weight excluding hydrogens is 310 g/mol. The first-order chi connectivity index (χ1) is 8.99. The minimum atomic E-state index is 0.444. The summed E-state index contributed by atoms with van der Waals surface area (Å²) in [6.45, 7) is 1.97. The summed E-state index contributed by atoms with van der Waals surface area (Å²) in [7, 11) is 5.12. The van der Waals surface area contributed by atoms with E-state index in [0.717, 1.165) is 32.8 Å². The smallest absolute Gasteiger partial charge is 0.160 e. The molecule has 5 nitrogen and oxygen atoms in total. The van der Waals surface area contributed by atoms with Crippen LogP contribution in [0, 0.1) is 6.92 Å². The Hall–Kier alpha value is -1.69. The van der Waals surface area contributed by atoms with Gasteiger partial charge in [-0.3, -0.25) is 4.68 Å². The zero-order chi connectivity index (χ0) is 14.2. The summed E-state index contributed by atoms with van der Waals surface area (Å²) in [5.74, 6) is 1.99. The maximum Gasteiger partial charge on any atom is 0.160 e. The first-order valence-corrected chi connectivity index (χ1v) is 6.49. The summed E-state index contributed by atoms with van der Waals surface area (Å²) in [4.78, 5) is 0. The quantitative estimate of drug-likeness (QED) is 0.942. The van der Waals surface area contributed by atoms with Gasteiger partial charge in [0.1, 0.15) is 11.5 Å². The lowest BCUT2D eigenvalue weighted by atomic mass is 10.1. The summed E-state index contributed by atoms with van der Waals surface area (Å²) < 4.78 is 13.3. The van der Waals surface area contributed by atoms with E-state index in [1.807, 2.05) is 26.1 Å². The lowest BCUT2D eigenvalue weighted by Crippen LogP contribution is -1.98. The topological polar surface area (TPSA) is 62.3 Å². The third-order valence-corrected chi connectivity index (χ3v) is 3.77. The molecular formula is C13H16BrN3O2. The van der Waals surface area contributed by atoms with Crippen LogP contribution < -0.4 is 15.2 Å². The largest absolute Gasteiger partial charge is 0.496 e. The van der Waals surface area contributed by atoms with Crippen molar-refractivity contribution >= 4 is 21.7 Å². The van der Waals surface area contributed by atoms with Gasteiger partial charge in [0.25, 0.3) is 0 Å². The zero-order valence-electron chi connectivity index (χ0n) is 11.3. The lowest BCUT2D eigenvalue weighted by molar-refractivity contribution is 0.401. The zero-order valence-corrected chi connectivity index (χ0v) is 12.9. The number of anilines is 1. The van der Waals surface area contributed by atoms with Gasteiger partial charge in [-0.2, -0.15) is 5.10 Å². The van der Waals surface area contributed by atoms with Crippen molar-refractivity contribution in [2.45, 2.75) is 6.92 Å². The van der Waals surface area contributed by atoms with E-state index in [0.29, 0.717) is 5.82 Å². The minimum absolute atomic E-state index is 0.444. The third-order valence-electron chi connectivity index (χ3n) is 2.99. The molecule has 0 spiro atoms. The number of aryl methyl sites for hydroxylation is 2. The highest BCUT2D eigenvalue weighted by Gasteiger charge is 2.19. The molecule has 0 aliphatic carbocycles. The molecule has 19 heavy (non-hydrogen) atoms. The predicted molar refractivity (Wildman–Crippen MR) is 78.6 cm³/mol. The van der Waals surface area contributed by atoms with Crippen LogP contribution in [0.25, 0.3) is 11.3 Å². The van der Waals surface area contributed by atoms with Crippen LogP contribution in [0.2, 0.25) is 0 Å². The second-order valence-electron chi connectivity index (χ2n) is 4.19. The Kier molecular flexibility index (Phi) is 3.71. The first-order valence-electron chi connectivity index (χ1n) is 5.70. The van der Waals surface area contributed by atoms with Crippen molar-refractivity contribution in [2.75, 3.05) is 20.0 Å². The van der Waals surface area contributed by atoms with E-state index in [1.54, 1.807) is 18.9 Å². The summed E-state index contributed by atoms with van der Waals surface area (Å²) in [6, 6.07) is 3.86. The van der Waals surface area contributed by atoms with E-state index in [4.69, 9.17) is 15.2 Å². The number of nitrogen functional groups attached to an aromatic ring is 1. The predicted octanol–water partition coefficient (Wildman–Crippen LogP) is 2.76. The Morgan fingerprint density at radius 3 is 2.32 bits per heavy atom. The molecule has 0 aliphatic rings. The second kappa shape index (κ2) is 5.13. The molecule has 1 aromatic carbocycles. The number of halogens is 1. The summed E-state index contributed by atoms with van der Waals surface area (Å²) >= 11 is 3.46. The van der Waals surface area contributed by atoms with Crippen LogP contribution in [0.1, 0.15) is 5.56 Å². The molecule has 1 aromatic heterocycles. The van der Waals surface area contributed by atoms with Gasteiger partial charge in [-0.1, -0.05) is 0 Å². The van der Waals surface area contributed by atoms with Crippen LogP contribution in [0.4, 0.5) is 5.82 Å². The number of benzene rings is 1. The highest BCUT2D eigenvalue weighted by molar-refractivity contribution is 9.10. The van der Waals surface area contributed by atoms with Gasteiger partial charge < -0.3 is 15.2 Å². The van der Waals surface area contributed by atoms with Crippen molar-refractivity contribution in [3.63, 3.8) is 0 Å². The van der Waals surface area contributed by atoms with Crippen molar-refractivity contribution in [2.24, 2.45) is 7.05 Å². The Labute approximate surface area is 120 Å². The molecule has 2 N–H and O–H groups in total. The van der Waals surface area contributed by atoms with Gasteiger partial charge in [-0.05, 0) is 40.5 Å². The lowest BCUT2D eigenvalue weighted by Gasteiger charge is -2.13. The van der Waals surface area contributed by atoms with Crippen molar-refractivity contribution in [3.8, 4) is 22.8 Å². The van der Waals surface area contributed by atoms with E-state index in [1.165, 1.54) is 0 Å². The van der Waals surface area contributed by atoms with Gasteiger partial charge in [0.2, 0.25) is 0 Å². The average molecular weight is 326 g/mol. The molecule has 0 fully saturated rings. The van der Waals surface area contributed by atoms with Crippen LogP contribution in [-0.4, -0.2) is 24.0 Å². The maximum absolute atomic E-state index is 5.82. The molecule has 2 aromatic rings. The molecule has 0 unspecified atom stereocenters. The van der Waals surface area contributed by atoms with Gasteiger partial charge in [0.15, 0.2) is 5.82 Å². The van der Waals surface area contributed by atoms with Crippen LogP contribution in [0.5, 0.6) is 11.5 Å². The minimum Gasteiger partial charge on any atom is -0.496 e. The van der Waals surface area contributed by atoms with Gasteiger partial charge >= 0.3 is 0 Å². The Balaban J connectivity index is 2.73. The van der Waals surface area contributed by atoms with Gasteiger partial charge in [0, 0.05) is 12.6 Å². The summed E-state index contributed by atoms with van der Waals surface area (Å²) in [5.41, 5.74) is 8.56. The molecule has 0 aliphatic heterocycles. The van der Waals surface area contributed by atoms with E-state index in [2.05, 4.69) is 21.0 Å². The molecule has 0 saturated carbocycles. The van der Waals surface area contributed by atoms with E-state index < -0.39 is 0 Å². The van der Waals surface area contributed by atoms with Crippen LogP contribution >= 0.6 is 15.9 Å². The molecule has 1 heterocycles. The molecule has 0 saturated heterocycles. The van der Waals surface area contributed by atoms with Crippen LogP contribution in [-0.2, 0) is 7.05 Å². The number of aromatic nitrogens is 2. The molecule has 0 radical (unpaired) electrons. The highest BCUT2D eigenvalue weighted by atomic mass is 79.9. The number of nitrogens with zero attached hydrogens (tertiary/aromatic N) is 2. The average Bonchev–Trinajstić information content (AvgIpc) is 2.63. The van der Waals surface area contributed by atoms with Crippen molar-refractivity contribution in [1.82, 2.24) is 9.78 Å². The molecule has 6 heteroatoms. The standard InChI is InChI=1S/C13H16BrN3O2/c1-7-5-10(19-4)8(6-9(7)18-3)12-11(14)13(15)16-17(12)2/h5-6H,1-4H3,(H2,15,16). The number of nitrogens with two attached hydrogens (primary N) is 1. The Bertz CT molecular complexity index is 623. The fourth-order valence-electron chi connectivity index (χ4n) is 2.05. The third kappa shape index (κ3) is 2.28. The molecule has 2 rings (SSSR count).